The molecule has 7 heteroatoms. The Bertz CT molecular complexity index is 762. The molecule has 1 aliphatic heterocycles. The number of benzene rings is 2. The van der Waals surface area contributed by atoms with E-state index in [2.05, 4.69) is 16.4 Å². The van der Waals surface area contributed by atoms with Crippen molar-refractivity contribution in [2.45, 2.75) is 18.3 Å². The molecule has 0 unspecified atom stereocenters. The number of anilines is 1. The third kappa shape index (κ3) is 5.49. The van der Waals surface area contributed by atoms with E-state index in [4.69, 9.17) is 26.8 Å². The Morgan fingerprint density at radius 1 is 1.19 bits per heavy atom. The zero-order valence-electron chi connectivity index (χ0n) is 15.3. The lowest BCUT2D eigenvalue weighted by Gasteiger charge is -2.37. The van der Waals surface area contributed by atoms with Crippen molar-refractivity contribution in [1.82, 2.24) is 0 Å². The molecule has 0 amide bonds. The van der Waals surface area contributed by atoms with Crippen LogP contribution in [0.25, 0.3) is 0 Å². The van der Waals surface area contributed by atoms with Gasteiger partial charge in [-0.15, -0.1) is 24.0 Å². The predicted molar refractivity (Wildman–Crippen MR) is 122 cm³/mol. The highest BCUT2D eigenvalue weighted by Gasteiger charge is 2.35. The summed E-state index contributed by atoms with van der Waals surface area (Å²) in [5, 5.41) is 3.89. The van der Waals surface area contributed by atoms with Crippen LogP contribution in [0, 0.1) is 0 Å². The number of nitrogens with one attached hydrogen (secondary N) is 1. The molecule has 146 valence electrons. The number of hydrogen-bond donors (Lipinski definition) is 2. The summed E-state index contributed by atoms with van der Waals surface area (Å²) in [4.78, 5) is 4.61. The zero-order valence-corrected chi connectivity index (χ0v) is 18.4. The lowest BCUT2D eigenvalue weighted by atomic mass is 9.74. The van der Waals surface area contributed by atoms with Gasteiger partial charge in [-0.2, -0.15) is 0 Å². The summed E-state index contributed by atoms with van der Waals surface area (Å²) in [6.45, 7) is 1.97. The Balaban J connectivity index is 0.00000261. The van der Waals surface area contributed by atoms with Gasteiger partial charge in [-0.1, -0.05) is 29.8 Å². The van der Waals surface area contributed by atoms with E-state index in [1.165, 1.54) is 0 Å². The van der Waals surface area contributed by atoms with E-state index in [1.54, 1.807) is 7.11 Å². The first-order valence-corrected chi connectivity index (χ1v) is 9.04. The maximum absolute atomic E-state index is 6.47. The quantitative estimate of drug-likeness (QED) is 0.361. The van der Waals surface area contributed by atoms with Gasteiger partial charge in [0.05, 0.1) is 13.7 Å². The first-order chi connectivity index (χ1) is 12.6. The zero-order chi connectivity index (χ0) is 18.4. The van der Waals surface area contributed by atoms with E-state index in [9.17, 15) is 0 Å². The van der Waals surface area contributed by atoms with Crippen molar-refractivity contribution in [3.8, 4) is 5.75 Å². The molecular formula is C20H25ClIN3O2. The second kappa shape index (κ2) is 10.1. The molecule has 1 aliphatic rings. The maximum Gasteiger partial charge on any atom is 0.193 e. The molecular weight excluding hydrogens is 477 g/mol. The fraction of sp³-hybridized carbons (Fsp3) is 0.350. The summed E-state index contributed by atoms with van der Waals surface area (Å²) in [5.74, 6) is 1.18. The fourth-order valence-corrected chi connectivity index (χ4v) is 3.60. The van der Waals surface area contributed by atoms with E-state index < -0.39 is 0 Å². The molecule has 1 saturated heterocycles. The molecule has 27 heavy (non-hydrogen) atoms. The smallest absolute Gasteiger partial charge is 0.193 e. The fourth-order valence-electron chi connectivity index (χ4n) is 3.26. The normalized spacial score (nSPS) is 16.3. The first-order valence-electron chi connectivity index (χ1n) is 8.67. The minimum Gasteiger partial charge on any atom is -0.497 e. The minimum absolute atomic E-state index is 0. The van der Waals surface area contributed by atoms with Crippen LogP contribution in [0.4, 0.5) is 5.69 Å². The number of ether oxygens (including phenoxy) is 2. The minimum atomic E-state index is -0.150. The Morgan fingerprint density at radius 2 is 1.85 bits per heavy atom. The highest BCUT2D eigenvalue weighted by atomic mass is 127. The van der Waals surface area contributed by atoms with Crippen LogP contribution in [-0.4, -0.2) is 32.8 Å². The molecule has 2 aromatic carbocycles. The molecule has 2 aromatic rings. The summed E-state index contributed by atoms with van der Waals surface area (Å²) in [7, 11) is 1.64. The topological polar surface area (TPSA) is 68.9 Å². The molecule has 0 bridgehead atoms. The van der Waals surface area contributed by atoms with E-state index >= 15 is 0 Å². The van der Waals surface area contributed by atoms with Crippen LogP contribution < -0.4 is 15.8 Å². The Hall–Kier alpha value is -1.51. The van der Waals surface area contributed by atoms with Crippen molar-refractivity contribution >= 4 is 47.2 Å². The van der Waals surface area contributed by atoms with Crippen molar-refractivity contribution in [1.29, 1.82) is 0 Å². The molecule has 0 atom stereocenters. The molecule has 0 aromatic heterocycles. The SMILES string of the molecule is COc1ccc(NC(N)=NCC2(c3ccccc3Cl)CCOCC2)cc1.I. The van der Waals surface area contributed by atoms with Gasteiger partial charge in [0.2, 0.25) is 0 Å². The van der Waals surface area contributed by atoms with Crippen molar-refractivity contribution in [2.24, 2.45) is 10.7 Å². The van der Waals surface area contributed by atoms with Crippen LogP contribution >= 0.6 is 35.6 Å². The van der Waals surface area contributed by atoms with Gasteiger partial charge in [0, 0.05) is 29.3 Å². The van der Waals surface area contributed by atoms with Crippen LogP contribution in [0.1, 0.15) is 18.4 Å². The molecule has 1 fully saturated rings. The average molecular weight is 502 g/mol. The molecule has 3 N–H and O–H groups in total. The number of nitrogens with zero attached hydrogens (tertiary/aromatic N) is 1. The van der Waals surface area contributed by atoms with Gasteiger partial charge < -0.3 is 20.5 Å². The lowest BCUT2D eigenvalue weighted by molar-refractivity contribution is 0.0532. The summed E-state index contributed by atoms with van der Waals surface area (Å²) < 4.78 is 10.7. The van der Waals surface area contributed by atoms with E-state index in [0.717, 1.165) is 34.9 Å². The van der Waals surface area contributed by atoms with Crippen molar-refractivity contribution in [3.63, 3.8) is 0 Å². The Kier molecular flexibility index (Phi) is 8.19. The highest BCUT2D eigenvalue weighted by molar-refractivity contribution is 14.0. The second-order valence-corrected chi connectivity index (χ2v) is 6.83. The molecule has 0 spiro atoms. The van der Waals surface area contributed by atoms with Gasteiger partial charge in [0.15, 0.2) is 5.96 Å². The maximum atomic E-state index is 6.47. The number of nitrogens with two attached hydrogens (primary N) is 1. The van der Waals surface area contributed by atoms with E-state index in [-0.39, 0.29) is 29.4 Å². The van der Waals surface area contributed by atoms with Gasteiger partial charge >= 0.3 is 0 Å². The number of methoxy groups -OCH3 is 1. The molecule has 3 rings (SSSR count). The summed E-state index contributed by atoms with van der Waals surface area (Å²) in [6.07, 6.45) is 1.74. The van der Waals surface area contributed by atoms with Gasteiger partial charge in [0.1, 0.15) is 5.75 Å². The third-order valence-electron chi connectivity index (χ3n) is 4.81. The number of hydrogen-bond acceptors (Lipinski definition) is 3. The monoisotopic (exact) mass is 501 g/mol. The van der Waals surface area contributed by atoms with Crippen LogP contribution in [0.5, 0.6) is 5.75 Å². The standard InChI is InChI=1S/C20H24ClN3O2.HI/c1-25-16-8-6-15(7-9-16)24-19(22)23-14-20(10-12-26-13-11-20)17-4-2-3-5-18(17)21;/h2-9H,10-14H2,1H3,(H3,22,23,24);1H. The predicted octanol–water partition coefficient (Wildman–Crippen LogP) is 4.44. The van der Waals surface area contributed by atoms with Gasteiger partial charge in [-0.3, -0.25) is 4.99 Å². The van der Waals surface area contributed by atoms with Crippen molar-refractivity contribution < 1.29 is 9.47 Å². The van der Waals surface area contributed by atoms with Crippen molar-refractivity contribution in [3.05, 3.63) is 59.1 Å². The molecule has 0 saturated carbocycles. The molecule has 0 radical (unpaired) electrons. The van der Waals surface area contributed by atoms with Crippen LogP contribution in [0.3, 0.4) is 0 Å². The van der Waals surface area contributed by atoms with Crippen LogP contribution in [0.2, 0.25) is 5.02 Å². The summed E-state index contributed by atoms with van der Waals surface area (Å²) >= 11 is 6.47. The van der Waals surface area contributed by atoms with E-state index in [1.807, 2.05) is 42.5 Å². The largest absolute Gasteiger partial charge is 0.497 e. The Morgan fingerprint density at radius 3 is 2.48 bits per heavy atom. The number of rotatable bonds is 5. The molecule has 1 heterocycles. The number of guanidine groups is 1. The molecule has 5 nitrogen and oxygen atoms in total. The third-order valence-corrected chi connectivity index (χ3v) is 5.14. The highest BCUT2D eigenvalue weighted by Crippen LogP contribution is 2.38. The summed E-state index contributed by atoms with van der Waals surface area (Å²) in [5.41, 5.74) is 7.95. The average Bonchev–Trinajstić information content (AvgIpc) is 2.68. The van der Waals surface area contributed by atoms with Crippen LogP contribution in [0.15, 0.2) is 53.5 Å². The number of aliphatic imine (C=N–C) groups is 1. The first kappa shape index (κ1) is 21.8. The van der Waals surface area contributed by atoms with E-state index in [0.29, 0.717) is 25.7 Å². The number of halogens is 2. The van der Waals surface area contributed by atoms with Gasteiger partial charge in [-0.05, 0) is 48.7 Å². The van der Waals surface area contributed by atoms with Crippen molar-refractivity contribution in [2.75, 3.05) is 32.2 Å². The second-order valence-electron chi connectivity index (χ2n) is 6.43. The van der Waals surface area contributed by atoms with Gasteiger partial charge in [0.25, 0.3) is 0 Å². The van der Waals surface area contributed by atoms with Crippen LogP contribution in [-0.2, 0) is 10.2 Å². The molecule has 0 aliphatic carbocycles. The lowest BCUT2D eigenvalue weighted by Crippen LogP contribution is -2.38. The Labute approximate surface area is 182 Å². The van der Waals surface area contributed by atoms with Gasteiger partial charge in [-0.25, -0.2) is 0 Å². The summed E-state index contributed by atoms with van der Waals surface area (Å²) in [6, 6.07) is 15.5.